The lowest BCUT2D eigenvalue weighted by molar-refractivity contribution is -0.136. The highest BCUT2D eigenvalue weighted by atomic mass is 16.5. The van der Waals surface area contributed by atoms with Crippen molar-refractivity contribution in [2.75, 3.05) is 45.3 Å². The van der Waals surface area contributed by atoms with Gasteiger partial charge in [0.15, 0.2) is 0 Å². The van der Waals surface area contributed by atoms with Crippen molar-refractivity contribution in [3.05, 3.63) is 103 Å². The zero-order valence-corrected chi connectivity index (χ0v) is 41.5. The van der Waals surface area contributed by atoms with E-state index in [4.69, 9.17) is 24.4 Å². The maximum absolute atomic E-state index is 13.8. The van der Waals surface area contributed by atoms with Gasteiger partial charge in [-0.1, -0.05) is 76.2 Å². The Bertz CT molecular complexity index is 2650. The van der Waals surface area contributed by atoms with E-state index in [1.54, 1.807) is 0 Å². The molecule has 3 saturated heterocycles. The van der Waals surface area contributed by atoms with Gasteiger partial charge in [0.2, 0.25) is 11.8 Å². The molecule has 4 N–H and O–H groups in total. The first-order valence-electron chi connectivity index (χ1n) is 25.0. The van der Waals surface area contributed by atoms with Crippen LogP contribution in [0.1, 0.15) is 96.4 Å². The van der Waals surface area contributed by atoms with Crippen LogP contribution in [0.2, 0.25) is 0 Å². The fourth-order valence-corrected chi connectivity index (χ4v) is 10.3. The number of rotatable bonds is 14. The maximum Gasteiger partial charge on any atom is 0.407 e. The van der Waals surface area contributed by atoms with Gasteiger partial charge >= 0.3 is 12.2 Å². The Morgan fingerprint density at radius 3 is 1.41 bits per heavy atom. The van der Waals surface area contributed by atoms with Gasteiger partial charge < -0.3 is 49.3 Å². The molecule has 7 heterocycles. The number of likely N-dealkylation sites (tertiary alicyclic amines) is 2. The number of amides is 4. The van der Waals surface area contributed by atoms with E-state index < -0.39 is 24.3 Å². The molecule has 71 heavy (non-hydrogen) atoms. The van der Waals surface area contributed by atoms with Crippen LogP contribution in [0.4, 0.5) is 15.4 Å². The first-order valence-corrected chi connectivity index (χ1v) is 25.0. The average Bonchev–Trinajstić information content (AvgIpc) is 4.27. The highest BCUT2D eigenvalue weighted by Crippen LogP contribution is 2.38. The zero-order chi connectivity index (χ0) is 49.8. The number of imidazole rings is 2. The van der Waals surface area contributed by atoms with Gasteiger partial charge in [-0.3, -0.25) is 9.59 Å². The van der Waals surface area contributed by atoms with Gasteiger partial charge in [-0.05, 0) is 103 Å². The molecule has 4 atom stereocenters. The molecule has 17 heteroatoms. The third-order valence-electron chi connectivity index (χ3n) is 14.2. The minimum Gasteiger partial charge on any atom is -0.453 e. The minimum absolute atomic E-state index is 0.122. The summed E-state index contributed by atoms with van der Waals surface area (Å²) in [7, 11) is 2.59. The van der Waals surface area contributed by atoms with Crippen LogP contribution in [0.15, 0.2) is 91.4 Å². The number of alkyl carbamates (subject to hydrolysis) is 2. The molecule has 372 valence electrons. The monoisotopic (exact) mass is 964 g/mol. The van der Waals surface area contributed by atoms with Gasteiger partial charge in [-0.2, -0.15) is 0 Å². The number of hydrogen-bond acceptors (Lipinski definition) is 10. The quantitative estimate of drug-likeness (QED) is 0.0818. The number of nitrogens with one attached hydrogen (secondary N) is 4. The van der Waals surface area contributed by atoms with Crippen molar-refractivity contribution >= 4 is 29.8 Å². The molecular weight excluding hydrogens is 899 g/mol. The van der Waals surface area contributed by atoms with E-state index in [2.05, 4.69) is 103 Å². The van der Waals surface area contributed by atoms with Gasteiger partial charge in [0.25, 0.3) is 0 Å². The van der Waals surface area contributed by atoms with Gasteiger partial charge in [-0.25, -0.2) is 24.5 Å². The average molecular weight is 964 g/mol. The lowest BCUT2D eigenvalue weighted by Gasteiger charge is -2.30. The van der Waals surface area contributed by atoms with E-state index in [0.717, 1.165) is 95.3 Å². The van der Waals surface area contributed by atoms with Gasteiger partial charge in [0, 0.05) is 26.2 Å². The molecule has 0 spiro atoms. The van der Waals surface area contributed by atoms with Crippen molar-refractivity contribution in [3.8, 4) is 50.7 Å². The molecule has 4 amide bonds. The Morgan fingerprint density at radius 2 is 1.00 bits per heavy atom. The summed E-state index contributed by atoms with van der Waals surface area (Å²) in [5.74, 6) is 1.88. The summed E-state index contributed by atoms with van der Waals surface area (Å²) >= 11 is 0. The van der Waals surface area contributed by atoms with Crippen molar-refractivity contribution in [1.29, 1.82) is 0 Å². The molecule has 0 aliphatic carbocycles. The molecule has 17 nitrogen and oxygen atoms in total. The second kappa shape index (κ2) is 21.3. The van der Waals surface area contributed by atoms with Crippen LogP contribution in [0.5, 0.6) is 0 Å². The zero-order valence-electron chi connectivity index (χ0n) is 41.5. The van der Waals surface area contributed by atoms with Gasteiger partial charge in [-0.15, -0.1) is 0 Å². The number of H-pyrrole nitrogens is 2. The SMILES string of the molecule is COC(=O)N[C@H](C(=O)N1CCCC1c1ncc(-c2ccc(-c3ccc(-c4ccc(-c5cnc([C@@H]6CCCN6C(=O)[C@@H](NC(=O)OC)C(C)C)[nH]5)cc4)n3-c3ccc(N4CCCCC4)nc3)cc2)[nH]1)C(C)C. The Labute approximate surface area is 414 Å². The highest BCUT2D eigenvalue weighted by Gasteiger charge is 2.39. The predicted octanol–water partition coefficient (Wildman–Crippen LogP) is 9.07. The van der Waals surface area contributed by atoms with Gasteiger partial charge in [0.1, 0.15) is 29.6 Å². The fourth-order valence-electron chi connectivity index (χ4n) is 10.3. The van der Waals surface area contributed by atoms with Crippen LogP contribution in [0.3, 0.4) is 0 Å². The number of pyridine rings is 1. The standard InChI is InChI=1S/C54H65N11O6/c1-33(2)47(60-53(68)70-5)51(66)63-28-10-12-44(63)49-56-31-40(58-49)35-14-18-37(19-15-35)42-23-24-43(65(42)39-22-25-46(55-30-39)62-26-8-7-9-27-62)38-20-16-36(17-21-38)41-32-57-50(59-41)45-13-11-29-64(45)52(67)48(34(3)4)61-54(69)71-6/h14-25,30-34,44-45,47-48H,7-13,26-29H2,1-6H3,(H,56,58)(H,57,59)(H,60,68)(H,61,69)/t44-,45?,47-,48-/m0/s1. The summed E-state index contributed by atoms with van der Waals surface area (Å²) in [4.78, 5) is 79.3. The van der Waals surface area contributed by atoms with Crippen LogP contribution in [-0.2, 0) is 19.1 Å². The lowest BCUT2D eigenvalue weighted by Crippen LogP contribution is -2.51. The number of hydrogen-bond donors (Lipinski definition) is 4. The summed E-state index contributed by atoms with van der Waals surface area (Å²) in [5, 5.41) is 5.45. The summed E-state index contributed by atoms with van der Waals surface area (Å²) in [6.07, 6.45) is 11.1. The topological polar surface area (TPSA) is 196 Å². The molecule has 1 unspecified atom stereocenters. The number of carbonyl (C=O) groups is 4. The van der Waals surface area contributed by atoms with Crippen molar-refractivity contribution in [1.82, 2.24) is 49.9 Å². The first kappa shape index (κ1) is 48.6. The van der Waals surface area contributed by atoms with Crippen molar-refractivity contribution in [2.24, 2.45) is 11.8 Å². The Kier molecular flexibility index (Phi) is 14.6. The normalized spacial score (nSPS) is 17.9. The number of aromatic amines is 2. The summed E-state index contributed by atoms with van der Waals surface area (Å²) in [6.45, 7) is 10.8. The predicted molar refractivity (Wildman–Crippen MR) is 271 cm³/mol. The number of aromatic nitrogens is 6. The van der Waals surface area contributed by atoms with Crippen LogP contribution in [0.25, 0.3) is 50.7 Å². The Hall–Kier alpha value is -7.43. The molecule has 0 radical (unpaired) electrons. The van der Waals surface area contributed by atoms with Crippen molar-refractivity contribution in [2.45, 2.75) is 96.8 Å². The number of benzene rings is 2. The van der Waals surface area contributed by atoms with Crippen LogP contribution in [-0.4, -0.2) is 116 Å². The van der Waals surface area contributed by atoms with Crippen LogP contribution >= 0.6 is 0 Å². The number of piperidine rings is 1. The summed E-state index contributed by atoms with van der Waals surface area (Å²) in [5.41, 5.74) is 8.60. The van der Waals surface area contributed by atoms with E-state index in [1.165, 1.54) is 33.5 Å². The lowest BCUT2D eigenvalue weighted by atomic mass is 10.0. The molecule has 3 aliphatic heterocycles. The summed E-state index contributed by atoms with van der Waals surface area (Å²) in [6, 6.07) is 23.5. The largest absolute Gasteiger partial charge is 0.453 e. The Balaban J connectivity index is 0.967. The van der Waals surface area contributed by atoms with E-state index in [9.17, 15) is 19.2 Å². The number of ether oxygens (including phenoxy) is 2. The highest BCUT2D eigenvalue weighted by molar-refractivity contribution is 5.87. The molecule has 3 aliphatic rings. The van der Waals surface area contributed by atoms with E-state index in [1.807, 2.05) is 56.1 Å². The second-order valence-corrected chi connectivity index (χ2v) is 19.5. The van der Waals surface area contributed by atoms with Crippen LogP contribution < -0.4 is 15.5 Å². The van der Waals surface area contributed by atoms with Crippen molar-refractivity contribution in [3.63, 3.8) is 0 Å². The number of methoxy groups -OCH3 is 2. The van der Waals surface area contributed by atoms with E-state index >= 15 is 0 Å². The third-order valence-corrected chi connectivity index (χ3v) is 14.2. The number of anilines is 1. The molecule has 9 rings (SSSR count). The van der Waals surface area contributed by atoms with E-state index in [-0.39, 0.29) is 35.7 Å². The first-order chi connectivity index (χ1) is 34.4. The number of carbonyl (C=O) groups excluding carboxylic acids is 4. The molecule has 3 fully saturated rings. The van der Waals surface area contributed by atoms with Crippen LogP contribution in [0, 0.1) is 11.8 Å². The van der Waals surface area contributed by atoms with E-state index in [0.29, 0.717) is 24.7 Å². The smallest absolute Gasteiger partial charge is 0.407 e. The van der Waals surface area contributed by atoms with Gasteiger partial charge in [0.05, 0.1) is 73.4 Å². The number of nitrogens with zero attached hydrogens (tertiary/aromatic N) is 7. The second-order valence-electron chi connectivity index (χ2n) is 19.5. The summed E-state index contributed by atoms with van der Waals surface area (Å²) < 4.78 is 11.9. The molecule has 4 aromatic heterocycles. The molecule has 0 bridgehead atoms. The van der Waals surface area contributed by atoms with Crippen molar-refractivity contribution < 1.29 is 28.7 Å². The minimum atomic E-state index is -0.707. The third kappa shape index (κ3) is 10.3. The molecule has 2 aromatic carbocycles. The fraction of sp³-hybridized carbons (Fsp3) is 0.426. The molecule has 6 aromatic rings. The molecule has 0 saturated carbocycles. The maximum atomic E-state index is 13.8. The Morgan fingerprint density at radius 1 is 0.549 bits per heavy atom. The molecular formula is C54H65N11O6.